The number of rotatable bonds is 2. The van der Waals surface area contributed by atoms with Gasteiger partial charge in [-0.15, -0.1) is 0 Å². The molecule has 98 valence electrons. The van der Waals surface area contributed by atoms with Crippen LogP contribution in [0.4, 0.5) is 10.2 Å². The van der Waals surface area contributed by atoms with Crippen molar-refractivity contribution >= 4 is 11.7 Å². The summed E-state index contributed by atoms with van der Waals surface area (Å²) in [5, 5.41) is 12.0. The highest BCUT2D eigenvalue weighted by Crippen LogP contribution is 2.21. The van der Waals surface area contributed by atoms with Crippen LogP contribution in [-0.4, -0.2) is 16.0 Å². The molecule has 5 heteroatoms. The molecular weight excluding hydrogens is 247 g/mol. The van der Waals surface area contributed by atoms with Gasteiger partial charge in [0.05, 0.1) is 0 Å². The van der Waals surface area contributed by atoms with Gasteiger partial charge in [0.25, 0.3) is 5.91 Å². The van der Waals surface area contributed by atoms with Crippen molar-refractivity contribution in [3.05, 3.63) is 53.0 Å². The molecule has 1 aromatic carbocycles. The van der Waals surface area contributed by atoms with Gasteiger partial charge in [0, 0.05) is 5.69 Å². The largest absolute Gasteiger partial charge is 0.507 e. The van der Waals surface area contributed by atoms with E-state index in [1.807, 2.05) is 13.0 Å². The van der Waals surface area contributed by atoms with Gasteiger partial charge in [-0.05, 0) is 43.7 Å². The van der Waals surface area contributed by atoms with Crippen molar-refractivity contribution in [1.29, 1.82) is 0 Å². The van der Waals surface area contributed by atoms with E-state index in [9.17, 15) is 14.3 Å². The summed E-state index contributed by atoms with van der Waals surface area (Å²) in [5.74, 6) is -1.58. The summed E-state index contributed by atoms with van der Waals surface area (Å²) in [6.45, 7) is 3.66. The third-order valence-electron chi connectivity index (χ3n) is 2.56. The average Bonchev–Trinajstić information content (AvgIpc) is 2.26. The zero-order chi connectivity index (χ0) is 14.0. The number of nitrogens with zero attached hydrogens (tertiary/aromatic N) is 1. The Morgan fingerprint density at radius 2 is 2.05 bits per heavy atom. The second-order valence-electron chi connectivity index (χ2n) is 4.26. The number of amides is 1. The fraction of sp³-hybridized carbons (Fsp3) is 0.143. The molecule has 2 aromatic rings. The third-order valence-corrected chi connectivity index (χ3v) is 2.56. The van der Waals surface area contributed by atoms with Crippen molar-refractivity contribution < 1.29 is 14.3 Å². The Kier molecular flexibility index (Phi) is 3.46. The van der Waals surface area contributed by atoms with Crippen LogP contribution >= 0.6 is 0 Å². The maximum atomic E-state index is 13.5. The molecule has 0 aliphatic rings. The molecular formula is C14H13FN2O2. The van der Waals surface area contributed by atoms with Crippen LogP contribution in [0.15, 0.2) is 30.3 Å². The Labute approximate surface area is 109 Å². The summed E-state index contributed by atoms with van der Waals surface area (Å²) in [6, 6.07) is 7.23. The van der Waals surface area contributed by atoms with E-state index in [0.29, 0.717) is 5.82 Å². The Hall–Kier alpha value is -2.43. The third kappa shape index (κ3) is 2.88. The lowest BCUT2D eigenvalue weighted by atomic mass is 10.1. The number of benzene rings is 1. The van der Waals surface area contributed by atoms with Crippen LogP contribution in [0.2, 0.25) is 0 Å². The molecule has 4 nitrogen and oxygen atoms in total. The van der Waals surface area contributed by atoms with Crippen molar-refractivity contribution in [1.82, 2.24) is 4.98 Å². The molecule has 0 spiro atoms. The Morgan fingerprint density at radius 1 is 1.32 bits per heavy atom. The van der Waals surface area contributed by atoms with E-state index in [4.69, 9.17) is 0 Å². The van der Waals surface area contributed by atoms with Gasteiger partial charge in [-0.2, -0.15) is 0 Å². The normalized spacial score (nSPS) is 10.3. The van der Waals surface area contributed by atoms with Gasteiger partial charge in [-0.3, -0.25) is 4.79 Å². The van der Waals surface area contributed by atoms with Crippen molar-refractivity contribution in [2.45, 2.75) is 13.8 Å². The first kappa shape index (κ1) is 13.0. The van der Waals surface area contributed by atoms with Crippen molar-refractivity contribution in [3.63, 3.8) is 0 Å². The number of carbonyl (C=O) groups excluding carboxylic acids is 1. The van der Waals surface area contributed by atoms with E-state index >= 15 is 0 Å². The van der Waals surface area contributed by atoms with Gasteiger partial charge in [-0.25, -0.2) is 9.37 Å². The predicted molar refractivity (Wildman–Crippen MR) is 69.7 cm³/mol. The van der Waals surface area contributed by atoms with E-state index < -0.39 is 17.5 Å². The number of phenols is 1. The number of anilines is 1. The van der Waals surface area contributed by atoms with Gasteiger partial charge in [-0.1, -0.05) is 6.07 Å². The number of aromatic hydroxyl groups is 1. The Balaban J connectivity index is 2.31. The number of aryl methyl sites for hydroxylation is 2. The molecule has 0 saturated carbocycles. The van der Waals surface area contributed by atoms with Gasteiger partial charge >= 0.3 is 0 Å². The van der Waals surface area contributed by atoms with Gasteiger partial charge < -0.3 is 10.4 Å². The highest BCUT2D eigenvalue weighted by molar-refractivity contribution is 6.05. The topological polar surface area (TPSA) is 62.2 Å². The van der Waals surface area contributed by atoms with E-state index in [-0.39, 0.29) is 5.56 Å². The maximum Gasteiger partial charge on any atom is 0.263 e. The fourth-order valence-corrected chi connectivity index (χ4v) is 1.82. The van der Waals surface area contributed by atoms with Crippen LogP contribution in [0, 0.1) is 19.7 Å². The average molecular weight is 260 g/mol. The second kappa shape index (κ2) is 5.06. The first-order valence-electron chi connectivity index (χ1n) is 5.71. The fourth-order valence-electron chi connectivity index (χ4n) is 1.82. The molecule has 0 aliphatic carbocycles. The van der Waals surface area contributed by atoms with Crippen LogP contribution in [0.3, 0.4) is 0 Å². The molecule has 1 amide bonds. The summed E-state index contributed by atoms with van der Waals surface area (Å²) < 4.78 is 13.5. The number of halogens is 1. The van der Waals surface area contributed by atoms with Crippen LogP contribution in [0.5, 0.6) is 5.75 Å². The molecule has 0 unspecified atom stereocenters. The molecule has 0 aliphatic heterocycles. The Bertz CT molecular complexity index is 601. The van der Waals surface area contributed by atoms with E-state index in [0.717, 1.165) is 17.3 Å². The summed E-state index contributed by atoms with van der Waals surface area (Å²) in [5.41, 5.74) is 1.29. The molecule has 0 fully saturated rings. The number of nitrogens with one attached hydrogen (secondary N) is 1. The molecule has 0 saturated heterocycles. The maximum absolute atomic E-state index is 13.5. The first-order valence-corrected chi connectivity index (χ1v) is 5.71. The second-order valence-corrected chi connectivity index (χ2v) is 4.26. The number of phenolic OH excluding ortho intramolecular Hbond substituents is 1. The lowest BCUT2D eigenvalue weighted by Crippen LogP contribution is -2.15. The smallest absolute Gasteiger partial charge is 0.263 e. The lowest BCUT2D eigenvalue weighted by molar-refractivity contribution is 0.102. The highest BCUT2D eigenvalue weighted by atomic mass is 19.1. The van der Waals surface area contributed by atoms with Crippen LogP contribution in [0.25, 0.3) is 0 Å². The molecule has 0 radical (unpaired) electrons. The van der Waals surface area contributed by atoms with Crippen LogP contribution in [-0.2, 0) is 0 Å². The van der Waals surface area contributed by atoms with E-state index in [1.165, 1.54) is 12.1 Å². The van der Waals surface area contributed by atoms with Gasteiger partial charge in [0.1, 0.15) is 22.9 Å². The molecule has 2 N–H and O–H groups in total. The van der Waals surface area contributed by atoms with Crippen molar-refractivity contribution in [2.75, 3.05) is 5.32 Å². The molecule has 1 heterocycles. The minimum atomic E-state index is -0.776. The zero-order valence-corrected chi connectivity index (χ0v) is 10.6. The van der Waals surface area contributed by atoms with E-state index in [1.54, 1.807) is 13.0 Å². The zero-order valence-electron chi connectivity index (χ0n) is 10.6. The quantitative estimate of drug-likeness (QED) is 0.872. The Morgan fingerprint density at radius 3 is 2.68 bits per heavy atom. The SMILES string of the molecule is Cc1cc(C)nc(NC(=O)c2c(O)cccc2F)c1. The van der Waals surface area contributed by atoms with Crippen molar-refractivity contribution in [2.24, 2.45) is 0 Å². The minimum Gasteiger partial charge on any atom is -0.507 e. The summed E-state index contributed by atoms with van der Waals surface area (Å²) in [4.78, 5) is 16.1. The molecule has 0 bridgehead atoms. The summed E-state index contributed by atoms with van der Waals surface area (Å²) in [7, 11) is 0. The number of carbonyl (C=O) groups is 1. The highest BCUT2D eigenvalue weighted by Gasteiger charge is 2.17. The minimum absolute atomic E-state index is 0.324. The molecule has 2 rings (SSSR count). The molecule has 19 heavy (non-hydrogen) atoms. The number of hydrogen-bond donors (Lipinski definition) is 2. The number of aromatic nitrogens is 1. The standard InChI is InChI=1S/C14H13FN2O2/c1-8-6-9(2)16-12(7-8)17-14(19)13-10(15)4-3-5-11(13)18/h3-7,18H,1-2H3,(H,16,17,19). The van der Waals surface area contributed by atoms with Gasteiger partial charge in [0.2, 0.25) is 0 Å². The number of pyridine rings is 1. The molecule has 1 aromatic heterocycles. The first-order chi connectivity index (χ1) is 8.97. The van der Waals surface area contributed by atoms with Crippen molar-refractivity contribution in [3.8, 4) is 5.75 Å². The monoisotopic (exact) mass is 260 g/mol. The summed E-state index contributed by atoms with van der Waals surface area (Å²) in [6.07, 6.45) is 0. The van der Waals surface area contributed by atoms with E-state index in [2.05, 4.69) is 10.3 Å². The predicted octanol–water partition coefficient (Wildman–Crippen LogP) is 2.80. The van der Waals surface area contributed by atoms with Crippen LogP contribution in [0.1, 0.15) is 21.6 Å². The lowest BCUT2D eigenvalue weighted by Gasteiger charge is -2.08. The van der Waals surface area contributed by atoms with Crippen LogP contribution < -0.4 is 5.32 Å². The van der Waals surface area contributed by atoms with Gasteiger partial charge in [0.15, 0.2) is 0 Å². The molecule has 0 atom stereocenters. The summed E-state index contributed by atoms with van der Waals surface area (Å²) >= 11 is 0. The number of hydrogen-bond acceptors (Lipinski definition) is 3.